The van der Waals surface area contributed by atoms with Crippen LogP contribution in [-0.2, 0) is 4.79 Å². The molecule has 6 rings (SSSR count). The quantitative estimate of drug-likeness (QED) is 0.401. The van der Waals surface area contributed by atoms with Gasteiger partial charge in [-0.15, -0.1) is 0 Å². The van der Waals surface area contributed by atoms with Crippen LogP contribution in [0.4, 0.5) is 0 Å². The predicted molar refractivity (Wildman–Crippen MR) is 152 cm³/mol. The average molecular weight is 520 g/mol. The van der Waals surface area contributed by atoms with Gasteiger partial charge in [-0.1, -0.05) is 37.5 Å². The molecule has 4 fully saturated rings. The summed E-state index contributed by atoms with van der Waals surface area (Å²) < 4.78 is 6.44. The maximum Gasteiger partial charge on any atom is 0.155 e. The van der Waals surface area contributed by atoms with E-state index in [1.165, 1.54) is 43.2 Å². The molecule has 4 nitrogen and oxygen atoms in total. The van der Waals surface area contributed by atoms with E-state index < -0.39 is 5.60 Å². The molecule has 0 bridgehead atoms. The Kier molecular flexibility index (Phi) is 7.27. The molecule has 8 atom stereocenters. The van der Waals surface area contributed by atoms with Gasteiger partial charge >= 0.3 is 0 Å². The lowest BCUT2D eigenvalue weighted by Crippen LogP contribution is -2.55. The molecule has 1 aromatic rings. The van der Waals surface area contributed by atoms with Crippen molar-refractivity contribution in [1.82, 2.24) is 5.32 Å². The highest BCUT2D eigenvalue weighted by molar-refractivity contribution is 5.91. The minimum atomic E-state index is -0.633. The van der Waals surface area contributed by atoms with Gasteiger partial charge < -0.3 is 15.2 Å². The van der Waals surface area contributed by atoms with Crippen molar-refractivity contribution in [2.45, 2.75) is 116 Å². The molecule has 0 amide bonds. The van der Waals surface area contributed by atoms with Crippen molar-refractivity contribution >= 4 is 5.78 Å². The second-order valence-corrected chi connectivity index (χ2v) is 13.9. The second-order valence-electron chi connectivity index (χ2n) is 13.9. The number of aliphatic hydroxyl groups is 1. The summed E-state index contributed by atoms with van der Waals surface area (Å²) in [5, 5.41) is 15.6. The minimum Gasteiger partial charge on any atom is -0.494 e. The Balaban J connectivity index is 1.15. The Bertz CT molecular complexity index is 1060. The third kappa shape index (κ3) is 4.68. The first-order valence-electron chi connectivity index (χ1n) is 15.7. The molecule has 0 saturated heterocycles. The summed E-state index contributed by atoms with van der Waals surface area (Å²) in [6, 6.07) is 9.62. The molecule has 0 aliphatic heterocycles. The molecule has 5 aliphatic rings. The number of allylic oxidation sites excluding steroid dienone is 1. The Morgan fingerprint density at radius 2 is 1.95 bits per heavy atom. The van der Waals surface area contributed by atoms with Gasteiger partial charge in [-0.05, 0) is 125 Å². The van der Waals surface area contributed by atoms with Gasteiger partial charge in [0.15, 0.2) is 5.78 Å². The largest absolute Gasteiger partial charge is 0.494 e. The number of hydrogen-bond donors (Lipinski definition) is 2. The lowest BCUT2D eigenvalue weighted by molar-refractivity contribution is -0.136. The maximum atomic E-state index is 12.1. The zero-order valence-corrected chi connectivity index (χ0v) is 23.9. The SMILES string of the molecule is CC(NC1CCCC1)c1cccc(OCC[C@]23CCC4C5CCC(=O)C=C5C[C@H](C)C4C2CC[C@]3(C)O)c1. The normalized spacial score (nSPS) is 39.7. The number of ether oxygens (including phenoxy) is 1. The zero-order valence-electron chi connectivity index (χ0n) is 23.9. The molecular weight excluding hydrogens is 470 g/mol. The Hall–Kier alpha value is -1.65. The van der Waals surface area contributed by atoms with E-state index in [0.717, 1.165) is 50.7 Å². The molecule has 38 heavy (non-hydrogen) atoms. The van der Waals surface area contributed by atoms with Crippen LogP contribution in [0.5, 0.6) is 5.75 Å². The van der Waals surface area contributed by atoms with Crippen LogP contribution < -0.4 is 10.1 Å². The van der Waals surface area contributed by atoms with Crippen molar-refractivity contribution in [1.29, 1.82) is 0 Å². The molecule has 208 valence electrons. The third-order valence-electron chi connectivity index (χ3n) is 11.9. The third-order valence-corrected chi connectivity index (χ3v) is 11.9. The number of carbonyl (C=O) groups excluding carboxylic acids is 1. The highest BCUT2D eigenvalue weighted by Gasteiger charge is 2.63. The highest BCUT2D eigenvalue weighted by Crippen LogP contribution is 2.67. The standard InChI is InChI=1S/C34H49NO3/c1-22-19-25-20-27(36)11-12-29(25)30-13-16-34(31(32(22)30)14-15-33(34,3)37)17-18-38-28-10-6-7-24(21-28)23(2)35-26-8-4-5-9-26/h6-7,10,20-23,26,29-32,35,37H,4-5,8-9,11-19H2,1-3H3/t22-,23?,29?,30?,31?,32?,33-,34+/m0/s1. The summed E-state index contributed by atoms with van der Waals surface area (Å²) in [5.74, 6) is 4.34. The van der Waals surface area contributed by atoms with Crippen molar-refractivity contribution in [3.8, 4) is 5.75 Å². The second kappa shape index (κ2) is 10.4. The van der Waals surface area contributed by atoms with Crippen molar-refractivity contribution in [2.24, 2.45) is 35.0 Å². The van der Waals surface area contributed by atoms with Crippen molar-refractivity contribution in [3.63, 3.8) is 0 Å². The molecular formula is C34H49NO3. The zero-order chi connectivity index (χ0) is 26.5. The Morgan fingerprint density at radius 3 is 2.76 bits per heavy atom. The van der Waals surface area contributed by atoms with Gasteiger partial charge in [0, 0.05) is 23.9 Å². The lowest BCUT2D eigenvalue weighted by atomic mass is 9.47. The van der Waals surface area contributed by atoms with E-state index in [1.807, 2.05) is 6.08 Å². The van der Waals surface area contributed by atoms with E-state index in [-0.39, 0.29) is 5.41 Å². The van der Waals surface area contributed by atoms with E-state index in [1.54, 1.807) is 0 Å². The van der Waals surface area contributed by atoms with Crippen LogP contribution in [-0.4, -0.2) is 29.1 Å². The lowest BCUT2D eigenvalue weighted by Gasteiger charge is -2.58. The molecule has 0 spiro atoms. The highest BCUT2D eigenvalue weighted by atomic mass is 16.5. The number of nitrogens with one attached hydrogen (secondary N) is 1. The van der Waals surface area contributed by atoms with E-state index in [2.05, 4.69) is 50.4 Å². The summed E-state index contributed by atoms with van der Waals surface area (Å²) in [5.41, 5.74) is 2.03. The fourth-order valence-corrected chi connectivity index (χ4v) is 10.0. The van der Waals surface area contributed by atoms with Crippen LogP contribution in [0.25, 0.3) is 0 Å². The van der Waals surface area contributed by atoms with Gasteiger partial charge in [0.05, 0.1) is 12.2 Å². The summed E-state index contributed by atoms with van der Waals surface area (Å²) in [6.07, 6.45) is 15.3. The van der Waals surface area contributed by atoms with Gasteiger partial charge in [-0.3, -0.25) is 4.79 Å². The minimum absolute atomic E-state index is 0.0664. The van der Waals surface area contributed by atoms with Gasteiger partial charge in [0.2, 0.25) is 0 Å². The monoisotopic (exact) mass is 519 g/mol. The van der Waals surface area contributed by atoms with Crippen LogP contribution in [0.15, 0.2) is 35.9 Å². The summed E-state index contributed by atoms with van der Waals surface area (Å²) in [4.78, 5) is 12.1. The first-order chi connectivity index (χ1) is 18.3. The average Bonchev–Trinajstić information content (AvgIpc) is 3.49. The number of hydrogen-bond acceptors (Lipinski definition) is 4. The first-order valence-corrected chi connectivity index (χ1v) is 15.7. The number of fused-ring (bicyclic) bond motifs is 5. The van der Waals surface area contributed by atoms with Crippen LogP contribution in [0.3, 0.4) is 0 Å². The Morgan fingerprint density at radius 1 is 1.13 bits per heavy atom. The molecule has 4 saturated carbocycles. The first kappa shape index (κ1) is 26.6. The van der Waals surface area contributed by atoms with Gasteiger partial charge in [-0.2, -0.15) is 0 Å². The topological polar surface area (TPSA) is 58.6 Å². The van der Waals surface area contributed by atoms with Crippen molar-refractivity contribution in [2.75, 3.05) is 6.61 Å². The number of carbonyl (C=O) groups is 1. The molecule has 4 heteroatoms. The van der Waals surface area contributed by atoms with Gasteiger partial charge in [-0.25, -0.2) is 0 Å². The van der Waals surface area contributed by atoms with E-state index in [0.29, 0.717) is 54.1 Å². The van der Waals surface area contributed by atoms with Crippen LogP contribution in [0, 0.1) is 35.0 Å². The Labute approximate surface area is 230 Å². The molecule has 1 aromatic carbocycles. The molecule has 2 N–H and O–H groups in total. The fraction of sp³-hybridized carbons (Fsp3) is 0.735. The molecule has 5 unspecified atom stereocenters. The summed E-state index contributed by atoms with van der Waals surface area (Å²) in [6.45, 7) is 7.46. The van der Waals surface area contributed by atoms with Crippen LogP contribution in [0.1, 0.15) is 109 Å². The predicted octanol–water partition coefficient (Wildman–Crippen LogP) is 7.17. The van der Waals surface area contributed by atoms with E-state index in [4.69, 9.17) is 4.74 Å². The number of benzene rings is 1. The fourth-order valence-electron chi connectivity index (χ4n) is 10.0. The molecule has 0 radical (unpaired) electrons. The van der Waals surface area contributed by atoms with Gasteiger partial charge in [0.1, 0.15) is 5.75 Å². The van der Waals surface area contributed by atoms with Crippen molar-refractivity contribution < 1.29 is 14.6 Å². The maximum absolute atomic E-state index is 12.1. The van der Waals surface area contributed by atoms with Crippen molar-refractivity contribution in [3.05, 3.63) is 41.5 Å². The van der Waals surface area contributed by atoms with E-state index >= 15 is 0 Å². The molecule has 5 aliphatic carbocycles. The van der Waals surface area contributed by atoms with Gasteiger partial charge in [0.25, 0.3) is 0 Å². The molecule has 0 heterocycles. The smallest absolute Gasteiger partial charge is 0.155 e. The summed E-state index contributed by atoms with van der Waals surface area (Å²) in [7, 11) is 0. The van der Waals surface area contributed by atoms with Crippen LogP contribution in [0.2, 0.25) is 0 Å². The number of rotatable bonds is 7. The summed E-state index contributed by atoms with van der Waals surface area (Å²) >= 11 is 0. The molecule has 0 aromatic heterocycles. The van der Waals surface area contributed by atoms with Crippen LogP contribution >= 0.6 is 0 Å². The number of ketones is 1. The van der Waals surface area contributed by atoms with E-state index in [9.17, 15) is 9.90 Å².